The molecule has 3 atom stereocenters. The molecule has 3 unspecified atom stereocenters. The highest BCUT2D eigenvalue weighted by atomic mass is 16.2. The van der Waals surface area contributed by atoms with Crippen LogP contribution in [0.25, 0.3) is 0 Å². The summed E-state index contributed by atoms with van der Waals surface area (Å²) in [6.07, 6.45) is 10.3. The number of hydrogen-bond donors (Lipinski definition) is 2. The molecule has 0 radical (unpaired) electrons. The van der Waals surface area contributed by atoms with Crippen LogP contribution in [0, 0.1) is 5.92 Å². The van der Waals surface area contributed by atoms with E-state index in [-0.39, 0.29) is 5.91 Å². The monoisotopic (exact) mass is 475 g/mol. The molecule has 5 amide bonds. The molecule has 2 N–H and O–H groups in total. The van der Waals surface area contributed by atoms with Crippen molar-refractivity contribution >= 4 is 23.8 Å². The lowest BCUT2D eigenvalue weighted by molar-refractivity contribution is -0.147. The second-order valence-electron chi connectivity index (χ2n) is 10.3. The normalized spacial score (nSPS) is 28.6. The molecule has 4 saturated heterocycles. The van der Waals surface area contributed by atoms with Crippen molar-refractivity contribution in [3.63, 3.8) is 0 Å². The van der Waals surface area contributed by atoms with Crippen LogP contribution in [0.2, 0.25) is 0 Å². The van der Waals surface area contributed by atoms with E-state index in [0.717, 1.165) is 82.3 Å². The molecular formula is C25H41N5O4. The van der Waals surface area contributed by atoms with Crippen molar-refractivity contribution in [2.75, 3.05) is 39.3 Å². The standard InChI is InChI=1S/C25H41N5O4/c31-22(19-10-9-13-26-18-19)30(23(32)20-11-4-5-14-27-20)25(34)29-17-8-1-3-12-21(29)24(33)28-15-6-2-7-16-28/h19-21,26-27H,1-18H2. The minimum atomic E-state index is -0.597. The Hall–Kier alpha value is -2.00. The summed E-state index contributed by atoms with van der Waals surface area (Å²) in [5.74, 6) is -1.28. The van der Waals surface area contributed by atoms with Gasteiger partial charge in [0, 0.05) is 26.2 Å². The number of carbonyl (C=O) groups is 4. The highest BCUT2D eigenvalue weighted by Gasteiger charge is 2.43. The maximum Gasteiger partial charge on any atom is 0.334 e. The third-order valence-corrected chi connectivity index (χ3v) is 7.84. The van der Waals surface area contributed by atoms with Gasteiger partial charge in [-0.05, 0) is 70.9 Å². The lowest BCUT2D eigenvalue weighted by Crippen LogP contribution is -2.61. The Labute approximate surface area is 202 Å². The first kappa shape index (κ1) is 25.1. The molecule has 4 fully saturated rings. The van der Waals surface area contributed by atoms with Gasteiger partial charge >= 0.3 is 6.03 Å². The molecule has 4 aliphatic heterocycles. The van der Waals surface area contributed by atoms with Crippen molar-refractivity contribution in [1.82, 2.24) is 25.3 Å². The zero-order valence-corrected chi connectivity index (χ0v) is 20.4. The number of rotatable bonds is 3. The number of nitrogens with one attached hydrogen (secondary N) is 2. The van der Waals surface area contributed by atoms with Crippen molar-refractivity contribution in [3.05, 3.63) is 0 Å². The molecule has 0 aromatic heterocycles. The minimum absolute atomic E-state index is 0.0232. The number of amides is 5. The number of imide groups is 3. The van der Waals surface area contributed by atoms with E-state index >= 15 is 0 Å². The Bertz CT molecular complexity index is 712. The molecule has 0 aliphatic carbocycles. The molecule has 4 rings (SSSR count). The molecule has 190 valence electrons. The van der Waals surface area contributed by atoms with Crippen molar-refractivity contribution < 1.29 is 19.2 Å². The summed E-state index contributed by atoms with van der Waals surface area (Å²) in [4.78, 5) is 59.1. The number of likely N-dealkylation sites (tertiary alicyclic amines) is 2. The molecule has 9 heteroatoms. The van der Waals surface area contributed by atoms with E-state index in [1.807, 2.05) is 4.90 Å². The lowest BCUT2D eigenvalue weighted by atomic mass is 9.97. The largest absolute Gasteiger partial charge is 0.341 e. The van der Waals surface area contributed by atoms with Gasteiger partial charge in [0.25, 0.3) is 5.91 Å². The summed E-state index contributed by atoms with van der Waals surface area (Å²) < 4.78 is 0. The quantitative estimate of drug-likeness (QED) is 0.604. The predicted octanol–water partition coefficient (Wildman–Crippen LogP) is 1.86. The average molecular weight is 476 g/mol. The third-order valence-electron chi connectivity index (χ3n) is 7.84. The molecular weight excluding hydrogens is 434 g/mol. The Balaban J connectivity index is 1.59. The van der Waals surface area contributed by atoms with Gasteiger partial charge in [-0.25, -0.2) is 4.79 Å². The second-order valence-corrected chi connectivity index (χ2v) is 10.3. The van der Waals surface area contributed by atoms with Crippen LogP contribution >= 0.6 is 0 Å². The molecule has 34 heavy (non-hydrogen) atoms. The molecule has 0 saturated carbocycles. The van der Waals surface area contributed by atoms with Crippen molar-refractivity contribution in [2.24, 2.45) is 5.92 Å². The molecule has 4 heterocycles. The summed E-state index contributed by atoms with van der Waals surface area (Å²) in [5.41, 5.74) is 0. The molecule has 0 aromatic rings. The first-order valence-corrected chi connectivity index (χ1v) is 13.5. The smallest absolute Gasteiger partial charge is 0.334 e. The van der Waals surface area contributed by atoms with Crippen LogP contribution in [-0.4, -0.2) is 89.8 Å². The van der Waals surface area contributed by atoms with Crippen molar-refractivity contribution in [2.45, 2.75) is 89.1 Å². The van der Waals surface area contributed by atoms with Crippen LogP contribution < -0.4 is 10.6 Å². The highest BCUT2D eigenvalue weighted by molar-refractivity contribution is 6.13. The van der Waals surface area contributed by atoms with Crippen LogP contribution in [0.4, 0.5) is 4.79 Å². The number of hydrogen-bond acceptors (Lipinski definition) is 6. The van der Waals surface area contributed by atoms with Crippen LogP contribution in [0.15, 0.2) is 0 Å². The number of piperidine rings is 3. The summed E-state index contributed by atoms with van der Waals surface area (Å²) in [6, 6.07) is -1.72. The van der Waals surface area contributed by atoms with Gasteiger partial charge < -0.3 is 20.4 Å². The molecule has 9 nitrogen and oxygen atoms in total. The van der Waals surface area contributed by atoms with Crippen molar-refractivity contribution in [1.29, 1.82) is 0 Å². The van der Waals surface area contributed by atoms with Crippen LogP contribution in [-0.2, 0) is 14.4 Å². The van der Waals surface area contributed by atoms with E-state index < -0.39 is 35.8 Å². The van der Waals surface area contributed by atoms with Gasteiger partial charge in [-0.15, -0.1) is 0 Å². The first-order valence-electron chi connectivity index (χ1n) is 13.5. The first-order chi connectivity index (χ1) is 16.6. The van der Waals surface area contributed by atoms with Gasteiger partial charge in [-0.2, -0.15) is 4.90 Å². The zero-order chi connectivity index (χ0) is 23.9. The Morgan fingerprint density at radius 2 is 1.44 bits per heavy atom. The maximum atomic E-state index is 14.0. The van der Waals surface area contributed by atoms with Gasteiger partial charge in [-0.1, -0.05) is 19.3 Å². The summed E-state index contributed by atoms with van der Waals surface area (Å²) in [6.45, 7) is 3.87. The number of carbonyl (C=O) groups excluding carboxylic acids is 4. The van der Waals surface area contributed by atoms with E-state index in [1.54, 1.807) is 4.90 Å². The fourth-order valence-electron chi connectivity index (χ4n) is 5.81. The SMILES string of the molecule is O=C(C1CCCCCN1C(=O)N(C(=O)C1CCCNC1)C(=O)C1CCCCN1)N1CCCCC1. The van der Waals surface area contributed by atoms with E-state index in [4.69, 9.17) is 0 Å². The summed E-state index contributed by atoms with van der Waals surface area (Å²) in [5, 5.41) is 6.44. The van der Waals surface area contributed by atoms with Gasteiger partial charge in [0.15, 0.2) is 0 Å². The second kappa shape index (κ2) is 12.1. The zero-order valence-electron chi connectivity index (χ0n) is 20.4. The molecule has 0 spiro atoms. The van der Waals surface area contributed by atoms with Crippen LogP contribution in [0.1, 0.15) is 77.0 Å². The van der Waals surface area contributed by atoms with Crippen LogP contribution in [0.5, 0.6) is 0 Å². The summed E-state index contributed by atoms with van der Waals surface area (Å²) >= 11 is 0. The third kappa shape index (κ3) is 5.79. The number of nitrogens with zero attached hydrogens (tertiary/aromatic N) is 3. The topological polar surface area (TPSA) is 102 Å². The van der Waals surface area contributed by atoms with E-state index in [2.05, 4.69) is 10.6 Å². The Morgan fingerprint density at radius 3 is 2.15 bits per heavy atom. The average Bonchev–Trinajstić information content (AvgIpc) is 3.16. The van der Waals surface area contributed by atoms with E-state index in [0.29, 0.717) is 38.9 Å². The maximum absolute atomic E-state index is 14.0. The predicted molar refractivity (Wildman–Crippen MR) is 128 cm³/mol. The molecule has 0 aromatic carbocycles. The van der Waals surface area contributed by atoms with Gasteiger partial charge in [0.1, 0.15) is 6.04 Å². The Morgan fingerprint density at radius 1 is 0.706 bits per heavy atom. The molecule has 0 bridgehead atoms. The van der Waals surface area contributed by atoms with E-state index in [9.17, 15) is 19.2 Å². The summed E-state index contributed by atoms with van der Waals surface area (Å²) in [7, 11) is 0. The lowest BCUT2D eigenvalue weighted by Gasteiger charge is -2.38. The minimum Gasteiger partial charge on any atom is -0.341 e. The number of urea groups is 1. The molecule has 4 aliphatic rings. The van der Waals surface area contributed by atoms with Gasteiger partial charge in [-0.3, -0.25) is 14.4 Å². The van der Waals surface area contributed by atoms with Crippen LogP contribution in [0.3, 0.4) is 0 Å². The highest BCUT2D eigenvalue weighted by Crippen LogP contribution is 2.25. The van der Waals surface area contributed by atoms with Gasteiger partial charge in [0.2, 0.25) is 11.8 Å². The fraction of sp³-hybridized carbons (Fsp3) is 0.840. The fourth-order valence-corrected chi connectivity index (χ4v) is 5.81. The Kier molecular flexibility index (Phi) is 8.94. The van der Waals surface area contributed by atoms with Gasteiger partial charge in [0.05, 0.1) is 12.0 Å². The van der Waals surface area contributed by atoms with Crippen molar-refractivity contribution in [3.8, 4) is 0 Å². The van der Waals surface area contributed by atoms with E-state index in [1.165, 1.54) is 0 Å².